The van der Waals surface area contributed by atoms with Gasteiger partial charge in [0.25, 0.3) is 0 Å². The van der Waals surface area contributed by atoms with Gasteiger partial charge in [-0.3, -0.25) is 4.79 Å². The first kappa shape index (κ1) is 13.3. The van der Waals surface area contributed by atoms with Crippen LogP contribution in [0.5, 0.6) is 0 Å². The fourth-order valence-electron chi connectivity index (χ4n) is 1.63. The molecular formula is C8H14O5S2. The number of aliphatic hydroxyl groups is 4. The molecule has 5 nitrogen and oxygen atoms in total. The van der Waals surface area contributed by atoms with Crippen LogP contribution in [0.4, 0.5) is 0 Å². The summed E-state index contributed by atoms with van der Waals surface area (Å²) in [7, 11) is 0. The van der Waals surface area contributed by atoms with E-state index < -0.39 is 34.3 Å². The molecule has 0 heterocycles. The van der Waals surface area contributed by atoms with Crippen LogP contribution < -0.4 is 0 Å². The lowest BCUT2D eigenvalue weighted by atomic mass is 9.87. The van der Waals surface area contributed by atoms with Gasteiger partial charge in [-0.15, -0.1) is 23.5 Å². The molecule has 0 saturated heterocycles. The van der Waals surface area contributed by atoms with Crippen molar-refractivity contribution in [2.45, 2.75) is 28.5 Å². The van der Waals surface area contributed by atoms with Crippen LogP contribution in [0, 0.1) is 0 Å². The number of hydrogen-bond donors (Lipinski definition) is 4. The highest BCUT2D eigenvalue weighted by Crippen LogP contribution is 2.44. The molecule has 1 fully saturated rings. The summed E-state index contributed by atoms with van der Waals surface area (Å²) in [6, 6.07) is 0. The predicted octanol–water partition coefficient (Wildman–Crippen LogP) is -1.57. The van der Waals surface area contributed by atoms with Crippen molar-refractivity contribution in [3.63, 3.8) is 0 Å². The van der Waals surface area contributed by atoms with Gasteiger partial charge in [-0.1, -0.05) is 0 Å². The van der Waals surface area contributed by atoms with E-state index in [1.165, 1.54) is 0 Å². The van der Waals surface area contributed by atoms with Crippen LogP contribution in [0.15, 0.2) is 0 Å². The number of carbonyl (C=O) groups is 1. The maximum Gasteiger partial charge on any atom is 0.192 e. The number of rotatable bonds is 2. The van der Waals surface area contributed by atoms with Crippen molar-refractivity contribution in [2.24, 2.45) is 0 Å². The third kappa shape index (κ3) is 1.81. The number of ketones is 1. The summed E-state index contributed by atoms with van der Waals surface area (Å²) in [6.45, 7) is 0. The van der Waals surface area contributed by atoms with Crippen molar-refractivity contribution in [1.82, 2.24) is 0 Å². The van der Waals surface area contributed by atoms with E-state index in [1.54, 1.807) is 12.5 Å². The standard InChI is InChI=1S/C8H14O5S2/c1-14-8(15-2)6(12)4(10)3(9)5(11)7(8)13/h3-6,9-12H,1-2H3. The van der Waals surface area contributed by atoms with Gasteiger partial charge in [0.1, 0.15) is 24.4 Å². The van der Waals surface area contributed by atoms with E-state index in [0.29, 0.717) is 0 Å². The van der Waals surface area contributed by atoms with Crippen LogP contribution in [0.3, 0.4) is 0 Å². The molecule has 1 rings (SSSR count). The average molecular weight is 254 g/mol. The first-order valence-corrected chi connectivity index (χ1v) is 6.74. The molecule has 4 atom stereocenters. The zero-order chi connectivity index (χ0) is 11.8. The summed E-state index contributed by atoms with van der Waals surface area (Å²) in [6.07, 6.45) is -2.97. The van der Waals surface area contributed by atoms with Crippen LogP contribution >= 0.6 is 23.5 Å². The highest BCUT2D eigenvalue weighted by molar-refractivity contribution is 8.18. The Morgan fingerprint density at radius 3 is 1.93 bits per heavy atom. The van der Waals surface area contributed by atoms with E-state index in [0.717, 1.165) is 23.5 Å². The van der Waals surface area contributed by atoms with Crippen LogP contribution in [-0.4, -0.2) is 67.2 Å². The maximum atomic E-state index is 11.8. The number of Topliss-reactive ketones (excluding diaryl/α,β-unsaturated/α-hetero) is 1. The summed E-state index contributed by atoms with van der Waals surface area (Å²) in [4.78, 5) is 11.8. The lowest BCUT2D eigenvalue weighted by Gasteiger charge is -2.44. The molecule has 4 N–H and O–H groups in total. The molecule has 0 bridgehead atoms. The summed E-state index contributed by atoms with van der Waals surface area (Å²) in [5, 5.41) is 38.0. The zero-order valence-corrected chi connectivity index (χ0v) is 9.96. The Morgan fingerprint density at radius 2 is 1.53 bits per heavy atom. The van der Waals surface area contributed by atoms with Crippen molar-refractivity contribution in [2.75, 3.05) is 12.5 Å². The Balaban J connectivity index is 3.11. The van der Waals surface area contributed by atoms with Gasteiger partial charge in [0.2, 0.25) is 0 Å². The Kier molecular flexibility index (Phi) is 4.07. The van der Waals surface area contributed by atoms with Crippen molar-refractivity contribution in [3.8, 4) is 0 Å². The molecule has 15 heavy (non-hydrogen) atoms. The second-order valence-electron chi connectivity index (χ2n) is 3.31. The van der Waals surface area contributed by atoms with Gasteiger partial charge in [0.05, 0.1) is 0 Å². The van der Waals surface area contributed by atoms with Crippen molar-refractivity contribution < 1.29 is 25.2 Å². The van der Waals surface area contributed by atoms with E-state index in [9.17, 15) is 25.2 Å². The molecule has 4 unspecified atom stereocenters. The molecule has 7 heteroatoms. The summed E-state index contributed by atoms with van der Waals surface area (Å²) in [5.41, 5.74) is 0. The number of hydrogen-bond acceptors (Lipinski definition) is 7. The van der Waals surface area contributed by atoms with Gasteiger partial charge >= 0.3 is 0 Å². The topological polar surface area (TPSA) is 98.0 Å². The first-order chi connectivity index (χ1) is 6.92. The minimum Gasteiger partial charge on any atom is -0.387 e. The molecular weight excluding hydrogens is 240 g/mol. The van der Waals surface area contributed by atoms with Gasteiger partial charge in [0, 0.05) is 0 Å². The second-order valence-corrected chi connectivity index (χ2v) is 5.67. The molecule has 1 aliphatic rings. The Bertz CT molecular complexity index is 255. The highest BCUT2D eigenvalue weighted by atomic mass is 32.2. The van der Waals surface area contributed by atoms with Crippen LogP contribution in [0.2, 0.25) is 0 Å². The summed E-state index contributed by atoms with van der Waals surface area (Å²) in [5.74, 6) is -0.659. The molecule has 0 aromatic rings. The fourth-order valence-corrected chi connectivity index (χ4v) is 3.70. The second kappa shape index (κ2) is 4.60. The Morgan fingerprint density at radius 1 is 1.07 bits per heavy atom. The van der Waals surface area contributed by atoms with Crippen LogP contribution in [0.1, 0.15) is 0 Å². The number of aliphatic hydroxyl groups excluding tert-OH is 4. The minimum atomic E-state index is -1.65. The lowest BCUT2D eigenvalue weighted by Crippen LogP contribution is -2.65. The molecule has 0 aromatic heterocycles. The monoisotopic (exact) mass is 254 g/mol. The van der Waals surface area contributed by atoms with E-state index in [1.807, 2.05) is 0 Å². The van der Waals surface area contributed by atoms with E-state index in [-0.39, 0.29) is 0 Å². The molecule has 0 amide bonds. The molecule has 1 saturated carbocycles. The average Bonchev–Trinajstić information content (AvgIpc) is 2.26. The number of carbonyl (C=O) groups excluding carboxylic acids is 1. The van der Waals surface area contributed by atoms with Crippen LogP contribution in [0.25, 0.3) is 0 Å². The summed E-state index contributed by atoms with van der Waals surface area (Å²) >= 11 is 2.10. The Hall–Kier alpha value is 0.210. The highest BCUT2D eigenvalue weighted by Gasteiger charge is 2.57. The minimum absolute atomic E-state index is 0.659. The third-order valence-electron chi connectivity index (χ3n) is 2.60. The normalized spacial score (nSPS) is 40.5. The fraction of sp³-hybridized carbons (Fsp3) is 0.875. The van der Waals surface area contributed by atoms with Crippen molar-refractivity contribution >= 4 is 29.3 Å². The van der Waals surface area contributed by atoms with E-state index in [2.05, 4.69) is 0 Å². The first-order valence-electron chi connectivity index (χ1n) is 4.29. The van der Waals surface area contributed by atoms with Crippen LogP contribution in [-0.2, 0) is 4.79 Å². The van der Waals surface area contributed by atoms with E-state index in [4.69, 9.17) is 0 Å². The maximum absolute atomic E-state index is 11.8. The Labute approximate surface area is 95.9 Å². The molecule has 1 aliphatic carbocycles. The summed E-state index contributed by atoms with van der Waals surface area (Å²) < 4.78 is -1.31. The molecule has 0 aromatic carbocycles. The zero-order valence-electron chi connectivity index (χ0n) is 8.32. The number of thioether (sulfide) groups is 2. The molecule has 0 spiro atoms. The molecule has 0 aliphatic heterocycles. The predicted molar refractivity (Wildman–Crippen MR) is 58.8 cm³/mol. The van der Waals surface area contributed by atoms with Crippen molar-refractivity contribution in [3.05, 3.63) is 0 Å². The molecule has 88 valence electrons. The third-order valence-corrected chi connectivity index (χ3v) is 5.70. The largest absolute Gasteiger partial charge is 0.387 e. The lowest BCUT2D eigenvalue weighted by molar-refractivity contribution is -0.163. The van der Waals surface area contributed by atoms with Gasteiger partial charge in [-0.05, 0) is 12.5 Å². The van der Waals surface area contributed by atoms with E-state index >= 15 is 0 Å². The SMILES string of the molecule is CSC1(SC)C(=O)C(O)C(O)C(O)C1O. The van der Waals surface area contributed by atoms with Gasteiger partial charge in [-0.25, -0.2) is 0 Å². The quantitative estimate of drug-likeness (QED) is 0.442. The van der Waals surface area contributed by atoms with Gasteiger partial charge in [-0.2, -0.15) is 0 Å². The van der Waals surface area contributed by atoms with Crippen molar-refractivity contribution in [1.29, 1.82) is 0 Å². The smallest absolute Gasteiger partial charge is 0.192 e. The van der Waals surface area contributed by atoms with Gasteiger partial charge < -0.3 is 20.4 Å². The molecule has 0 radical (unpaired) electrons. The van der Waals surface area contributed by atoms with Gasteiger partial charge in [0.15, 0.2) is 9.86 Å².